The Morgan fingerprint density at radius 2 is 1.90 bits per heavy atom. The molecular weight excluding hydrogens is 280 g/mol. The minimum absolute atomic E-state index is 0.208. The molecule has 0 bridgehead atoms. The van der Waals surface area contributed by atoms with Gasteiger partial charge in [0, 0.05) is 10.4 Å². The second-order valence-corrected chi connectivity index (χ2v) is 6.28. The molecule has 0 unspecified atom stereocenters. The van der Waals surface area contributed by atoms with E-state index in [2.05, 4.69) is 44.2 Å². The van der Waals surface area contributed by atoms with Crippen molar-refractivity contribution in [3.8, 4) is 11.1 Å². The van der Waals surface area contributed by atoms with Crippen molar-refractivity contribution in [2.45, 2.75) is 40.0 Å². The molecule has 0 radical (unpaired) electrons. The van der Waals surface area contributed by atoms with Gasteiger partial charge >= 0.3 is 5.97 Å². The van der Waals surface area contributed by atoms with Crippen LogP contribution < -0.4 is 0 Å². The van der Waals surface area contributed by atoms with Gasteiger partial charge in [-0.25, -0.2) is 4.79 Å². The molecule has 0 saturated heterocycles. The van der Waals surface area contributed by atoms with E-state index in [1.54, 1.807) is 11.3 Å². The molecule has 21 heavy (non-hydrogen) atoms. The van der Waals surface area contributed by atoms with Gasteiger partial charge in [0.25, 0.3) is 0 Å². The van der Waals surface area contributed by atoms with E-state index in [0.29, 0.717) is 6.61 Å². The first kappa shape index (κ1) is 15.8. The molecule has 1 heterocycles. The number of thiophene rings is 1. The smallest absolute Gasteiger partial charge is 0.348 e. The van der Waals surface area contributed by atoms with Crippen LogP contribution in [0.5, 0.6) is 0 Å². The fraction of sp³-hybridized carbons (Fsp3) is 0.389. The number of unbranched alkanes of at least 4 members (excludes halogenated alkanes) is 1. The molecule has 112 valence electrons. The van der Waals surface area contributed by atoms with Crippen molar-refractivity contribution in [1.29, 1.82) is 0 Å². The Balaban J connectivity index is 2.38. The summed E-state index contributed by atoms with van der Waals surface area (Å²) in [6.45, 7) is 6.50. The first-order valence-corrected chi connectivity index (χ1v) is 8.34. The molecule has 0 aliphatic carbocycles. The van der Waals surface area contributed by atoms with E-state index in [1.807, 2.05) is 6.92 Å². The third kappa shape index (κ3) is 3.94. The molecule has 0 N–H and O–H groups in total. The van der Waals surface area contributed by atoms with Crippen molar-refractivity contribution in [3.63, 3.8) is 0 Å². The quantitative estimate of drug-likeness (QED) is 0.682. The van der Waals surface area contributed by atoms with E-state index in [9.17, 15) is 4.79 Å². The summed E-state index contributed by atoms with van der Waals surface area (Å²) in [4.78, 5) is 14.2. The van der Waals surface area contributed by atoms with Crippen LogP contribution >= 0.6 is 11.3 Å². The lowest BCUT2D eigenvalue weighted by Crippen LogP contribution is -2.03. The highest BCUT2D eigenvalue weighted by Crippen LogP contribution is 2.33. The molecule has 0 amide bonds. The maximum atomic E-state index is 12.2. The summed E-state index contributed by atoms with van der Waals surface area (Å²) in [5.74, 6) is -0.208. The second kappa shape index (κ2) is 7.41. The zero-order valence-electron chi connectivity index (χ0n) is 12.9. The van der Waals surface area contributed by atoms with Crippen LogP contribution in [0.25, 0.3) is 11.1 Å². The lowest BCUT2D eigenvalue weighted by Gasteiger charge is -2.04. The Kier molecular flexibility index (Phi) is 5.57. The largest absolute Gasteiger partial charge is 0.462 e. The van der Waals surface area contributed by atoms with Crippen LogP contribution in [0.2, 0.25) is 0 Å². The van der Waals surface area contributed by atoms with E-state index in [4.69, 9.17) is 4.74 Å². The Hall–Kier alpha value is -1.61. The lowest BCUT2D eigenvalue weighted by atomic mass is 10.0. The molecule has 2 aromatic rings. The van der Waals surface area contributed by atoms with Crippen LogP contribution in [-0.4, -0.2) is 12.6 Å². The van der Waals surface area contributed by atoms with E-state index < -0.39 is 0 Å². The standard InChI is InChI=1S/C18H22O2S/c1-4-6-7-15-12-16(14-10-8-13(3)9-11-14)17(21-15)18(19)20-5-2/h8-12H,4-7H2,1-3H3. The van der Waals surface area contributed by atoms with Crippen molar-refractivity contribution in [2.24, 2.45) is 0 Å². The molecule has 0 fully saturated rings. The number of carbonyl (C=O) groups is 1. The topological polar surface area (TPSA) is 26.3 Å². The maximum absolute atomic E-state index is 12.2. The third-order valence-electron chi connectivity index (χ3n) is 3.38. The van der Waals surface area contributed by atoms with Crippen molar-refractivity contribution in [1.82, 2.24) is 0 Å². The molecule has 1 aromatic carbocycles. The van der Waals surface area contributed by atoms with Crippen molar-refractivity contribution < 1.29 is 9.53 Å². The van der Waals surface area contributed by atoms with Gasteiger partial charge in [-0.3, -0.25) is 0 Å². The molecule has 0 atom stereocenters. The van der Waals surface area contributed by atoms with Gasteiger partial charge in [0.05, 0.1) is 6.61 Å². The number of hydrogen-bond acceptors (Lipinski definition) is 3. The van der Waals surface area contributed by atoms with Crippen LogP contribution in [0, 0.1) is 6.92 Å². The fourth-order valence-corrected chi connectivity index (χ4v) is 3.33. The van der Waals surface area contributed by atoms with Gasteiger partial charge in [-0.1, -0.05) is 43.2 Å². The number of carbonyl (C=O) groups excluding carboxylic acids is 1. The highest BCUT2D eigenvalue weighted by Gasteiger charge is 2.18. The minimum atomic E-state index is -0.208. The Labute approximate surface area is 130 Å². The van der Waals surface area contributed by atoms with Crippen molar-refractivity contribution in [3.05, 3.63) is 45.6 Å². The first-order valence-electron chi connectivity index (χ1n) is 7.52. The van der Waals surface area contributed by atoms with E-state index in [0.717, 1.165) is 35.3 Å². The first-order chi connectivity index (χ1) is 10.2. The molecule has 0 saturated carbocycles. The van der Waals surface area contributed by atoms with Gasteiger partial charge in [0.1, 0.15) is 4.88 Å². The van der Waals surface area contributed by atoms with Gasteiger partial charge in [0.2, 0.25) is 0 Å². The predicted octanol–water partition coefficient (Wildman–Crippen LogP) is 5.24. The SMILES string of the molecule is CCCCc1cc(-c2ccc(C)cc2)c(C(=O)OCC)s1. The summed E-state index contributed by atoms with van der Waals surface area (Å²) < 4.78 is 5.20. The maximum Gasteiger partial charge on any atom is 0.348 e. The zero-order valence-corrected chi connectivity index (χ0v) is 13.8. The summed E-state index contributed by atoms with van der Waals surface area (Å²) >= 11 is 1.57. The lowest BCUT2D eigenvalue weighted by molar-refractivity contribution is 0.0533. The number of benzene rings is 1. The van der Waals surface area contributed by atoms with Crippen LogP contribution in [-0.2, 0) is 11.2 Å². The van der Waals surface area contributed by atoms with Gasteiger partial charge in [-0.15, -0.1) is 11.3 Å². The average molecular weight is 302 g/mol. The molecule has 0 spiro atoms. The number of rotatable bonds is 6. The van der Waals surface area contributed by atoms with Gasteiger partial charge < -0.3 is 4.74 Å². The summed E-state index contributed by atoms with van der Waals surface area (Å²) in [7, 11) is 0. The molecule has 0 aliphatic heterocycles. The summed E-state index contributed by atoms with van der Waals surface area (Å²) in [6.07, 6.45) is 3.34. The van der Waals surface area contributed by atoms with Crippen molar-refractivity contribution in [2.75, 3.05) is 6.61 Å². The molecular formula is C18H22O2S. The molecule has 3 heteroatoms. The van der Waals surface area contributed by atoms with Crippen LogP contribution in [0.4, 0.5) is 0 Å². The number of esters is 1. The molecule has 0 aliphatic rings. The monoisotopic (exact) mass is 302 g/mol. The highest BCUT2D eigenvalue weighted by molar-refractivity contribution is 7.14. The Morgan fingerprint density at radius 3 is 2.52 bits per heavy atom. The summed E-state index contributed by atoms with van der Waals surface area (Å²) in [6, 6.07) is 10.5. The van der Waals surface area contributed by atoms with E-state index >= 15 is 0 Å². The molecule has 1 aromatic heterocycles. The van der Waals surface area contributed by atoms with E-state index in [1.165, 1.54) is 10.4 Å². The van der Waals surface area contributed by atoms with Gasteiger partial charge in [-0.05, 0) is 38.3 Å². The Morgan fingerprint density at radius 1 is 1.19 bits per heavy atom. The number of aryl methyl sites for hydroxylation is 2. The van der Waals surface area contributed by atoms with Gasteiger partial charge in [-0.2, -0.15) is 0 Å². The predicted molar refractivity (Wildman–Crippen MR) is 89.1 cm³/mol. The summed E-state index contributed by atoms with van der Waals surface area (Å²) in [5.41, 5.74) is 3.31. The normalized spacial score (nSPS) is 10.6. The zero-order chi connectivity index (χ0) is 15.2. The van der Waals surface area contributed by atoms with Crippen LogP contribution in [0.1, 0.15) is 46.8 Å². The summed E-state index contributed by atoms with van der Waals surface area (Å²) in [5, 5.41) is 0. The van der Waals surface area contributed by atoms with Crippen LogP contribution in [0.15, 0.2) is 30.3 Å². The van der Waals surface area contributed by atoms with E-state index in [-0.39, 0.29) is 5.97 Å². The molecule has 2 rings (SSSR count). The Bertz CT molecular complexity index is 596. The number of hydrogen-bond donors (Lipinski definition) is 0. The third-order valence-corrected chi connectivity index (χ3v) is 4.56. The minimum Gasteiger partial charge on any atom is -0.462 e. The average Bonchev–Trinajstić information content (AvgIpc) is 2.90. The fourth-order valence-electron chi connectivity index (χ4n) is 2.21. The highest BCUT2D eigenvalue weighted by atomic mass is 32.1. The second-order valence-electron chi connectivity index (χ2n) is 5.15. The van der Waals surface area contributed by atoms with Gasteiger partial charge in [0.15, 0.2) is 0 Å². The molecule has 2 nitrogen and oxygen atoms in total. The van der Waals surface area contributed by atoms with Crippen molar-refractivity contribution >= 4 is 17.3 Å². The van der Waals surface area contributed by atoms with Crippen LogP contribution in [0.3, 0.4) is 0 Å². The number of ether oxygens (including phenoxy) is 1.